The van der Waals surface area contributed by atoms with Crippen LogP contribution in [0.15, 0.2) is 24.1 Å². The number of halogens is 2. The van der Waals surface area contributed by atoms with Crippen molar-refractivity contribution in [2.75, 3.05) is 0 Å². The van der Waals surface area contributed by atoms with Crippen LogP contribution in [0.4, 0.5) is 4.39 Å². The number of hydrogen-bond donors (Lipinski definition) is 2. The van der Waals surface area contributed by atoms with Gasteiger partial charge in [-0.25, -0.2) is 4.39 Å². The summed E-state index contributed by atoms with van der Waals surface area (Å²) in [5, 5.41) is 8.22. The third-order valence-electron chi connectivity index (χ3n) is 1.26. The first-order valence-electron chi connectivity index (χ1n) is 2.74. The highest BCUT2D eigenvalue weighted by molar-refractivity contribution is 6.22. The van der Waals surface area contributed by atoms with E-state index in [1.54, 1.807) is 0 Å². The molecule has 0 amide bonds. The van der Waals surface area contributed by atoms with Crippen LogP contribution in [0, 0.1) is 0 Å². The molecule has 0 heterocycles. The average Bonchev–Trinajstić information content (AvgIpc) is 1.81. The fraction of sp³-hybridized carbons (Fsp3) is 0.333. The van der Waals surface area contributed by atoms with Gasteiger partial charge in [0.15, 0.2) is 5.72 Å². The molecule has 56 valence electrons. The van der Waals surface area contributed by atoms with E-state index in [9.17, 15) is 4.39 Å². The molecule has 3 N–H and O–H groups in total. The summed E-state index contributed by atoms with van der Waals surface area (Å²) in [6, 6.07) is 0. The van der Waals surface area contributed by atoms with E-state index in [1.807, 2.05) is 0 Å². The van der Waals surface area contributed by atoms with Crippen molar-refractivity contribution in [3.05, 3.63) is 24.1 Å². The van der Waals surface area contributed by atoms with Crippen molar-refractivity contribution in [2.45, 2.75) is 11.1 Å². The molecule has 0 aromatic heterocycles. The molecule has 10 heavy (non-hydrogen) atoms. The molecular weight excluding hydrogens is 157 g/mol. The van der Waals surface area contributed by atoms with Crippen LogP contribution in [0.3, 0.4) is 0 Å². The lowest BCUT2D eigenvalue weighted by atomic mass is 10.1. The predicted octanol–water partition coefficient (Wildman–Crippen LogP) is 0.664. The summed E-state index contributed by atoms with van der Waals surface area (Å²) in [7, 11) is 0. The smallest absolute Gasteiger partial charge is 0.153 e. The summed E-state index contributed by atoms with van der Waals surface area (Å²) in [6.07, 6.45) is 3.26. The van der Waals surface area contributed by atoms with Gasteiger partial charge in [0, 0.05) is 0 Å². The zero-order valence-corrected chi connectivity index (χ0v) is 5.85. The summed E-state index contributed by atoms with van der Waals surface area (Å²) in [5.41, 5.74) is 3.60. The molecular formula is C6H7ClFNO. The summed E-state index contributed by atoms with van der Waals surface area (Å²) < 4.78 is 12.3. The lowest BCUT2D eigenvalue weighted by Crippen LogP contribution is -2.46. The van der Waals surface area contributed by atoms with Gasteiger partial charge >= 0.3 is 0 Å². The molecule has 0 aromatic rings. The second-order valence-electron chi connectivity index (χ2n) is 2.17. The van der Waals surface area contributed by atoms with Crippen molar-refractivity contribution in [3.8, 4) is 0 Å². The van der Waals surface area contributed by atoms with Gasteiger partial charge in [0.2, 0.25) is 0 Å². The van der Waals surface area contributed by atoms with E-state index >= 15 is 0 Å². The van der Waals surface area contributed by atoms with E-state index < -0.39 is 16.9 Å². The topological polar surface area (TPSA) is 46.2 Å². The molecule has 4 heteroatoms. The Hall–Kier alpha value is -0.380. The van der Waals surface area contributed by atoms with E-state index in [0.29, 0.717) is 0 Å². The molecule has 1 aliphatic rings. The fourth-order valence-electron chi connectivity index (χ4n) is 0.634. The quantitative estimate of drug-likeness (QED) is 0.407. The highest BCUT2D eigenvalue weighted by Crippen LogP contribution is 2.21. The van der Waals surface area contributed by atoms with E-state index in [0.717, 1.165) is 18.2 Å². The van der Waals surface area contributed by atoms with Crippen LogP contribution in [-0.4, -0.2) is 16.2 Å². The zero-order valence-electron chi connectivity index (χ0n) is 5.09. The average molecular weight is 164 g/mol. The van der Waals surface area contributed by atoms with E-state index in [4.69, 9.17) is 22.4 Å². The van der Waals surface area contributed by atoms with Crippen LogP contribution in [-0.2, 0) is 0 Å². The van der Waals surface area contributed by atoms with E-state index in [2.05, 4.69) is 0 Å². The third kappa shape index (κ3) is 1.37. The number of alkyl halides is 1. The maximum atomic E-state index is 12.3. The van der Waals surface area contributed by atoms with E-state index in [1.165, 1.54) is 0 Å². The van der Waals surface area contributed by atoms with Crippen LogP contribution in [0.1, 0.15) is 0 Å². The van der Waals surface area contributed by atoms with Crippen LogP contribution in [0.5, 0.6) is 0 Å². The van der Waals surface area contributed by atoms with Crippen molar-refractivity contribution < 1.29 is 9.50 Å². The minimum atomic E-state index is -1.61. The second-order valence-corrected chi connectivity index (χ2v) is 2.64. The molecule has 0 fully saturated rings. The number of rotatable bonds is 0. The number of nitrogens with two attached hydrogens (primary N) is 1. The highest BCUT2D eigenvalue weighted by Gasteiger charge is 2.29. The van der Waals surface area contributed by atoms with Gasteiger partial charge < -0.3 is 5.11 Å². The molecule has 0 bridgehead atoms. The van der Waals surface area contributed by atoms with Gasteiger partial charge in [0.25, 0.3) is 0 Å². The summed E-state index contributed by atoms with van der Waals surface area (Å²) in [4.78, 5) is 0. The van der Waals surface area contributed by atoms with Crippen LogP contribution < -0.4 is 5.73 Å². The first-order chi connectivity index (χ1) is 4.52. The Morgan fingerprint density at radius 3 is 2.80 bits per heavy atom. The first kappa shape index (κ1) is 7.72. The Labute approximate surface area is 62.8 Å². The Bertz CT molecular complexity index is 200. The minimum absolute atomic E-state index is 0.477. The largest absolute Gasteiger partial charge is 0.370 e. The monoisotopic (exact) mass is 163 g/mol. The first-order valence-corrected chi connectivity index (χ1v) is 3.18. The van der Waals surface area contributed by atoms with Gasteiger partial charge in [-0.2, -0.15) is 0 Å². The molecule has 0 saturated carbocycles. The second kappa shape index (κ2) is 2.34. The molecule has 0 aromatic carbocycles. The molecule has 0 spiro atoms. The lowest BCUT2D eigenvalue weighted by Gasteiger charge is -2.24. The van der Waals surface area contributed by atoms with Gasteiger partial charge in [-0.1, -0.05) is 0 Å². The number of allylic oxidation sites excluding steroid dienone is 2. The molecule has 0 radical (unpaired) electrons. The van der Waals surface area contributed by atoms with Crippen molar-refractivity contribution in [3.63, 3.8) is 0 Å². The van der Waals surface area contributed by atoms with Crippen molar-refractivity contribution >= 4 is 11.6 Å². The fourth-order valence-corrected chi connectivity index (χ4v) is 0.827. The number of aliphatic hydroxyl groups is 1. The molecule has 0 saturated heterocycles. The molecule has 2 nitrogen and oxygen atoms in total. The van der Waals surface area contributed by atoms with Crippen molar-refractivity contribution in [1.82, 2.24) is 0 Å². The van der Waals surface area contributed by atoms with Gasteiger partial charge in [-0.15, -0.1) is 11.6 Å². The third-order valence-corrected chi connectivity index (χ3v) is 1.73. The van der Waals surface area contributed by atoms with Crippen LogP contribution >= 0.6 is 11.6 Å². The highest BCUT2D eigenvalue weighted by atomic mass is 35.5. The molecule has 2 unspecified atom stereocenters. The number of hydrogen-bond acceptors (Lipinski definition) is 2. The molecule has 0 aliphatic heterocycles. The Balaban J connectivity index is 2.84. The lowest BCUT2D eigenvalue weighted by molar-refractivity contribution is 0.103. The van der Waals surface area contributed by atoms with Gasteiger partial charge in [-0.05, 0) is 18.2 Å². The van der Waals surface area contributed by atoms with E-state index in [-0.39, 0.29) is 0 Å². The summed E-state index contributed by atoms with van der Waals surface area (Å²) in [6.45, 7) is 0. The van der Waals surface area contributed by atoms with Crippen molar-refractivity contribution in [1.29, 1.82) is 0 Å². The SMILES string of the molecule is NC1(O)C=CC(F)=CC1Cl. The van der Waals surface area contributed by atoms with Crippen LogP contribution in [0.2, 0.25) is 0 Å². The predicted molar refractivity (Wildman–Crippen MR) is 37.1 cm³/mol. The Kier molecular flexibility index (Phi) is 1.81. The Morgan fingerprint density at radius 1 is 1.80 bits per heavy atom. The molecule has 2 atom stereocenters. The van der Waals surface area contributed by atoms with Gasteiger partial charge in [0.05, 0.1) is 0 Å². The molecule has 1 rings (SSSR count). The molecule has 1 aliphatic carbocycles. The zero-order chi connectivity index (χ0) is 7.78. The maximum Gasteiger partial charge on any atom is 0.153 e. The summed E-state index contributed by atoms with van der Waals surface area (Å²) in [5.74, 6) is -0.477. The maximum absolute atomic E-state index is 12.3. The normalized spacial score (nSPS) is 39.6. The van der Waals surface area contributed by atoms with Gasteiger partial charge in [-0.3, -0.25) is 5.73 Å². The standard InChI is InChI=1S/C6H7ClFNO/c7-5-3-4(8)1-2-6(5,9)10/h1-3,5,10H,9H2. The van der Waals surface area contributed by atoms with Crippen molar-refractivity contribution in [2.24, 2.45) is 5.73 Å². The summed E-state index contributed by atoms with van der Waals surface area (Å²) >= 11 is 5.46. The minimum Gasteiger partial charge on any atom is -0.370 e. The van der Waals surface area contributed by atoms with Crippen LogP contribution in [0.25, 0.3) is 0 Å². The Morgan fingerprint density at radius 2 is 2.40 bits per heavy atom. The van der Waals surface area contributed by atoms with Gasteiger partial charge in [0.1, 0.15) is 11.2 Å².